The second kappa shape index (κ2) is 8.49. The van der Waals surface area contributed by atoms with Crippen LogP contribution in [0, 0.1) is 0 Å². The standard InChI is InChI=1S/C22H23N3O4S/c1-24(2)30-15-8-6-14(7-9-15)13-29-19-5-3-4-16-17(19)12-25(22(16)28)18-10-11-20(26)23-21(18)27/h3-9,18H,10-13H2,1-2H3,(H,23,26,27). The number of carbonyl (C=O) groups excluding carboxylic acids is 3. The molecule has 1 N–H and O–H groups in total. The molecule has 1 saturated heterocycles. The molecule has 2 aliphatic heterocycles. The van der Waals surface area contributed by atoms with E-state index in [0.29, 0.717) is 30.9 Å². The maximum absolute atomic E-state index is 12.9. The van der Waals surface area contributed by atoms with Crippen molar-refractivity contribution in [1.82, 2.24) is 14.5 Å². The van der Waals surface area contributed by atoms with Gasteiger partial charge in [0.25, 0.3) is 5.91 Å². The summed E-state index contributed by atoms with van der Waals surface area (Å²) in [4.78, 5) is 39.2. The van der Waals surface area contributed by atoms with E-state index in [-0.39, 0.29) is 18.2 Å². The van der Waals surface area contributed by atoms with Crippen molar-refractivity contribution in [2.75, 3.05) is 14.1 Å². The minimum atomic E-state index is -0.628. The molecule has 2 aromatic carbocycles. The Hall–Kier alpha value is -2.84. The zero-order valence-corrected chi connectivity index (χ0v) is 17.7. The van der Waals surface area contributed by atoms with Gasteiger partial charge in [-0.3, -0.25) is 24.0 Å². The van der Waals surface area contributed by atoms with Crippen LogP contribution >= 0.6 is 11.9 Å². The normalized spacial score (nSPS) is 18.6. The van der Waals surface area contributed by atoms with E-state index in [9.17, 15) is 14.4 Å². The molecule has 30 heavy (non-hydrogen) atoms. The predicted molar refractivity (Wildman–Crippen MR) is 113 cm³/mol. The van der Waals surface area contributed by atoms with Gasteiger partial charge in [0.15, 0.2) is 0 Å². The maximum atomic E-state index is 12.9. The predicted octanol–water partition coefficient (Wildman–Crippen LogP) is 2.60. The summed E-state index contributed by atoms with van der Waals surface area (Å²) in [5, 5.41) is 2.32. The molecule has 2 aliphatic rings. The number of carbonyl (C=O) groups is 3. The highest BCUT2D eigenvalue weighted by molar-refractivity contribution is 7.97. The summed E-state index contributed by atoms with van der Waals surface area (Å²) in [5.41, 5.74) is 2.36. The number of ether oxygens (including phenoxy) is 1. The molecule has 3 amide bonds. The van der Waals surface area contributed by atoms with Crippen molar-refractivity contribution >= 4 is 29.7 Å². The molecule has 4 rings (SSSR count). The van der Waals surface area contributed by atoms with Crippen LogP contribution in [0.1, 0.15) is 34.3 Å². The number of nitrogens with zero attached hydrogens (tertiary/aromatic N) is 2. The quantitative estimate of drug-likeness (QED) is 0.566. The van der Waals surface area contributed by atoms with Gasteiger partial charge < -0.3 is 9.64 Å². The first-order valence-corrected chi connectivity index (χ1v) is 10.5. The van der Waals surface area contributed by atoms with E-state index in [4.69, 9.17) is 4.74 Å². The molecule has 1 unspecified atom stereocenters. The Morgan fingerprint density at radius 1 is 1.13 bits per heavy atom. The average Bonchev–Trinajstić information content (AvgIpc) is 3.04. The summed E-state index contributed by atoms with van der Waals surface area (Å²) in [6.45, 7) is 0.686. The molecule has 2 heterocycles. The number of fused-ring (bicyclic) bond motifs is 1. The van der Waals surface area contributed by atoms with Crippen molar-refractivity contribution in [3.8, 4) is 5.75 Å². The Balaban J connectivity index is 1.46. The van der Waals surface area contributed by atoms with Crippen molar-refractivity contribution in [2.45, 2.75) is 36.9 Å². The molecule has 0 saturated carbocycles. The van der Waals surface area contributed by atoms with E-state index in [0.717, 1.165) is 16.0 Å². The Bertz CT molecular complexity index is 990. The monoisotopic (exact) mass is 425 g/mol. The number of imide groups is 1. The van der Waals surface area contributed by atoms with Gasteiger partial charge in [0.1, 0.15) is 18.4 Å². The van der Waals surface area contributed by atoms with E-state index in [2.05, 4.69) is 5.32 Å². The highest BCUT2D eigenvalue weighted by Crippen LogP contribution is 2.34. The molecule has 1 atom stereocenters. The van der Waals surface area contributed by atoms with Crippen LogP contribution in [0.5, 0.6) is 5.75 Å². The fourth-order valence-electron chi connectivity index (χ4n) is 3.71. The van der Waals surface area contributed by atoms with Crippen molar-refractivity contribution in [1.29, 1.82) is 0 Å². The molecule has 156 valence electrons. The van der Waals surface area contributed by atoms with Crippen LogP contribution in [-0.2, 0) is 22.7 Å². The number of amides is 3. The molecule has 1 fully saturated rings. The minimum Gasteiger partial charge on any atom is -0.489 e. The topological polar surface area (TPSA) is 79.0 Å². The molecule has 0 bridgehead atoms. The molecule has 0 radical (unpaired) electrons. The smallest absolute Gasteiger partial charge is 0.255 e. The van der Waals surface area contributed by atoms with Gasteiger partial charge in [0, 0.05) is 22.4 Å². The van der Waals surface area contributed by atoms with Crippen LogP contribution in [0.4, 0.5) is 0 Å². The average molecular weight is 426 g/mol. The third kappa shape index (κ3) is 4.20. The van der Waals surface area contributed by atoms with Gasteiger partial charge in [-0.25, -0.2) is 0 Å². The minimum absolute atomic E-state index is 0.199. The summed E-state index contributed by atoms with van der Waals surface area (Å²) in [5.74, 6) is -0.262. The lowest BCUT2D eigenvalue weighted by atomic mass is 10.0. The maximum Gasteiger partial charge on any atom is 0.255 e. The number of nitrogens with one attached hydrogen (secondary N) is 1. The summed E-state index contributed by atoms with van der Waals surface area (Å²) in [6, 6.07) is 12.9. The first kappa shape index (κ1) is 20.4. The fraction of sp³-hybridized carbons (Fsp3) is 0.318. The second-order valence-electron chi connectivity index (χ2n) is 7.52. The van der Waals surface area contributed by atoms with Gasteiger partial charge in [0.05, 0.1) is 6.54 Å². The molecule has 0 aliphatic carbocycles. The number of hydrogen-bond acceptors (Lipinski definition) is 6. The number of piperidine rings is 1. The van der Waals surface area contributed by atoms with E-state index in [1.807, 2.05) is 48.7 Å². The van der Waals surface area contributed by atoms with Gasteiger partial charge in [-0.2, -0.15) is 0 Å². The van der Waals surface area contributed by atoms with Crippen LogP contribution in [0.3, 0.4) is 0 Å². The first-order valence-electron chi connectivity index (χ1n) is 9.76. The number of benzene rings is 2. The number of rotatable bonds is 6. The molecular formula is C22H23N3O4S. The van der Waals surface area contributed by atoms with Crippen molar-refractivity contribution < 1.29 is 19.1 Å². The van der Waals surface area contributed by atoms with Crippen molar-refractivity contribution in [3.63, 3.8) is 0 Å². The van der Waals surface area contributed by atoms with E-state index in [1.165, 1.54) is 4.90 Å². The molecule has 2 aromatic rings. The Morgan fingerprint density at radius 3 is 2.60 bits per heavy atom. The summed E-state index contributed by atoms with van der Waals surface area (Å²) < 4.78 is 8.06. The van der Waals surface area contributed by atoms with Crippen molar-refractivity contribution in [2.24, 2.45) is 0 Å². The second-order valence-corrected chi connectivity index (χ2v) is 8.90. The van der Waals surface area contributed by atoms with Crippen molar-refractivity contribution in [3.05, 3.63) is 59.2 Å². The van der Waals surface area contributed by atoms with E-state index < -0.39 is 11.9 Å². The highest BCUT2D eigenvalue weighted by Gasteiger charge is 2.40. The van der Waals surface area contributed by atoms with Crippen LogP contribution in [0.15, 0.2) is 47.4 Å². The summed E-state index contributed by atoms with van der Waals surface area (Å²) in [7, 11) is 3.99. The lowest BCUT2D eigenvalue weighted by Gasteiger charge is -2.29. The van der Waals surface area contributed by atoms with Gasteiger partial charge >= 0.3 is 0 Å². The fourth-order valence-corrected chi connectivity index (χ4v) is 4.39. The molecule has 0 aromatic heterocycles. The Morgan fingerprint density at radius 2 is 1.90 bits per heavy atom. The molecule has 8 heteroatoms. The van der Waals surface area contributed by atoms with Gasteiger partial charge in [-0.15, -0.1) is 0 Å². The van der Waals surface area contributed by atoms with E-state index >= 15 is 0 Å². The van der Waals surface area contributed by atoms with Crippen LogP contribution in [0.2, 0.25) is 0 Å². The van der Waals surface area contributed by atoms with Crippen LogP contribution in [-0.4, -0.2) is 47.1 Å². The van der Waals surface area contributed by atoms with Crippen LogP contribution in [0.25, 0.3) is 0 Å². The lowest BCUT2D eigenvalue weighted by molar-refractivity contribution is -0.136. The molecule has 7 nitrogen and oxygen atoms in total. The molecule has 0 spiro atoms. The van der Waals surface area contributed by atoms with Gasteiger partial charge in [-0.05, 0) is 62.3 Å². The Kier molecular flexibility index (Phi) is 5.78. The third-order valence-electron chi connectivity index (χ3n) is 5.14. The summed E-state index contributed by atoms with van der Waals surface area (Å²) >= 11 is 1.65. The van der Waals surface area contributed by atoms with Gasteiger partial charge in [0.2, 0.25) is 11.8 Å². The largest absolute Gasteiger partial charge is 0.489 e. The zero-order chi connectivity index (χ0) is 21.3. The molecular weight excluding hydrogens is 402 g/mol. The third-order valence-corrected chi connectivity index (χ3v) is 5.99. The highest BCUT2D eigenvalue weighted by atomic mass is 32.2. The van der Waals surface area contributed by atoms with E-state index in [1.54, 1.807) is 24.1 Å². The first-order chi connectivity index (χ1) is 14.4. The van der Waals surface area contributed by atoms with Gasteiger partial charge in [-0.1, -0.05) is 18.2 Å². The lowest BCUT2D eigenvalue weighted by Crippen LogP contribution is -2.52. The SMILES string of the molecule is CN(C)Sc1ccc(COc2cccc3c2CN(C2CCC(=O)NC2=O)C3=O)cc1. The summed E-state index contributed by atoms with van der Waals surface area (Å²) in [6.07, 6.45) is 0.583. The van der Waals surface area contributed by atoms with Crippen LogP contribution < -0.4 is 10.1 Å². The number of hydrogen-bond donors (Lipinski definition) is 1. The zero-order valence-electron chi connectivity index (χ0n) is 16.9. The Labute approximate surface area is 179 Å².